The Kier molecular flexibility index (Phi) is 4.84. The fourth-order valence-corrected chi connectivity index (χ4v) is 3.46. The van der Waals surface area contributed by atoms with Gasteiger partial charge < -0.3 is 5.73 Å². The summed E-state index contributed by atoms with van der Waals surface area (Å²) in [5.74, 6) is 0.906. The van der Waals surface area contributed by atoms with Gasteiger partial charge in [0.05, 0.1) is 6.54 Å². The summed E-state index contributed by atoms with van der Waals surface area (Å²) in [6, 6.07) is 1.94. The average molecular weight is 285 g/mol. The van der Waals surface area contributed by atoms with E-state index < -0.39 is 0 Å². The molecule has 3 nitrogen and oxygen atoms in total. The molecule has 0 bridgehead atoms. The normalized spacial score (nSPS) is 29.0. The summed E-state index contributed by atoms with van der Waals surface area (Å²) in [4.78, 5) is 0. The fraction of sp³-hybridized carbons (Fsp3) is 0.500. The third-order valence-corrected chi connectivity index (χ3v) is 5.07. The molecule has 0 aromatic carbocycles. The largest absolute Gasteiger partial charge is 0.327 e. The number of rotatable bonds is 6. The van der Waals surface area contributed by atoms with Crippen LogP contribution < -0.4 is 5.73 Å². The molecule has 1 aliphatic carbocycles. The maximum atomic E-state index is 5.78. The first-order valence-corrected chi connectivity index (χ1v) is 7.66. The maximum Gasteiger partial charge on any atom is 0.0619 e. The molecule has 0 spiro atoms. The van der Waals surface area contributed by atoms with Crippen LogP contribution in [0.25, 0.3) is 0 Å². The van der Waals surface area contributed by atoms with Crippen LogP contribution in [0.2, 0.25) is 0 Å². The van der Waals surface area contributed by atoms with Crippen molar-refractivity contribution in [3.63, 3.8) is 0 Å². The highest BCUT2D eigenvalue weighted by atomic mass is 15.3. The molecule has 2 rings (SSSR count). The van der Waals surface area contributed by atoms with Crippen molar-refractivity contribution < 1.29 is 0 Å². The predicted molar refractivity (Wildman–Crippen MR) is 88.7 cm³/mol. The summed E-state index contributed by atoms with van der Waals surface area (Å²) in [5.41, 5.74) is 8.27. The summed E-state index contributed by atoms with van der Waals surface area (Å²) in [5, 5.41) is 4.29. The minimum atomic E-state index is 0.107. The molecule has 0 saturated heterocycles. The third kappa shape index (κ3) is 3.35. The second kappa shape index (κ2) is 6.44. The standard InChI is InChI=1S/C18H27N3/c1-5-18(4)8-7-16(14(2)12-19)11-17(18)15(3)13-21-10-6-9-20-21/h5-6,9-10,16-17H,1-3,7-8,11-13,19H2,4H3/t16-,17+,18-/m1/s1. The van der Waals surface area contributed by atoms with E-state index in [1.807, 2.05) is 16.9 Å². The smallest absolute Gasteiger partial charge is 0.0619 e. The van der Waals surface area contributed by atoms with Gasteiger partial charge in [-0.2, -0.15) is 5.10 Å². The summed E-state index contributed by atoms with van der Waals surface area (Å²) >= 11 is 0. The summed E-state index contributed by atoms with van der Waals surface area (Å²) < 4.78 is 1.94. The Balaban J connectivity index is 2.15. The Labute approximate surface area is 128 Å². The van der Waals surface area contributed by atoms with Crippen LogP contribution in [0.15, 0.2) is 55.4 Å². The first-order valence-electron chi connectivity index (χ1n) is 7.66. The van der Waals surface area contributed by atoms with E-state index in [0.717, 1.165) is 31.4 Å². The Bertz CT molecular complexity index is 515. The number of nitrogens with zero attached hydrogens (tertiary/aromatic N) is 2. The Morgan fingerprint density at radius 3 is 2.81 bits per heavy atom. The Morgan fingerprint density at radius 1 is 1.48 bits per heavy atom. The molecule has 0 radical (unpaired) electrons. The fourth-order valence-electron chi connectivity index (χ4n) is 3.46. The van der Waals surface area contributed by atoms with Gasteiger partial charge in [0.15, 0.2) is 0 Å². The van der Waals surface area contributed by atoms with Crippen LogP contribution in [0, 0.1) is 17.3 Å². The van der Waals surface area contributed by atoms with Crippen LogP contribution in [0.4, 0.5) is 0 Å². The molecule has 21 heavy (non-hydrogen) atoms. The molecule has 3 heteroatoms. The summed E-state index contributed by atoms with van der Waals surface area (Å²) in [7, 11) is 0. The maximum absolute atomic E-state index is 5.78. The molecule has 0 aliphatic heterocycles. The average Bonchev–Trinajstić information content (AvgIpc) is 2.99. The monoisotopic (exact) mass is 285 g/mol. The zero-order valence-electron chi connectivity index (χ0n) is 13.1. The molecule has 3 atom stereocenters. The van der Waals surface area contributed by atoms with Crippen molar-refractivity contribution >= 4 is 0 Å². The van der Waals surface area contributed by atoms with Gasteiger partial charge in [0, 0.05) is 18.9 Å². The van der Waals surface area contributed by atoms with Crippen molar-refractivity contribution in [1.29, 1.82) is 0 Å². The van der Waals surface area contributed by atoms with E-state index >= 15 is 0 Å². The van der Waals surface area contributed by atoms with Gasteiger partial charge in [-0.1, -0.05) is 37.3 Å². The second-order valence-electron chi connectivity index (χ2n) is 6.46. The van der Waals surface area contributed by atoms with Crippen LogP contribution in [-0.2, 0) is 6.54 Å². The minimum absolute atomic E-state index is 0.107. The van der Waals surface area contributed by atoms with Gasteiger partial charge in [0.1, 0.15) is 0 Å². The lowest BCUT2D eigenvalue weighted by Crippen LogP contribution is -2.36. The molecule has 1 aromatic heterocycles. The second-order valence-corrected chi connectivity index (χ2v) is 6.46. The molecule has 0 unspecified atom stereocenters. The number of hydrogen-bond donors (Lipinski definition) is 1. The van der Waals surface area contributed by atoms with Crippen LogP contribution >= 0.6 is 0 Å². The zero-order chi connectivity index (χ0) is 15.5. The van der Waals surface area contributed by atoms with Gasteiger partial charge in [0.2, 0.25) is 0 Å². The van der Waals surface area contributed by atoms with Gasteiger partial charge in [-0.15, -0.1) is 6.58 Å². The quantitative estimate of drug-likeness (QED) is 0.812. The van der Waals surface area contributed by atoms with E-state index in [4.69, 9.17) is 5.73 Å². The Hall–Kier alpha value is -1.61. The molecule has 1 heterocycles. The van der Waals surface area contributed by atoms with Gasteiger partial charge in [-0.3, -0.25) is 4.68 Å². The SMILES string of the molecule is C=C[C@]1(C)CC[C@@H](C(=C)CN)C[C@H]1C(=C)Cn1cccn1. The molecule has 2 N–H and O–H groups in total. The van der Waals surface area contributed by atoms with Crippen molar-refractivity contribution in [3.8, 4) is 0 Å². The van der Waals surface area contributed by atoms with Gasteiger partial charge in [0.25, 0.3) is 0 Å². The van der Waals surface area contributed by atoms with E-state index in [-0.39, 0.29) is 5.41 Å². The zero-order valence-corrected chi connectivity index (χ0v) is 13.1. The van der Waals surface area contributed by atoms with Gasteiger partial charge in [-0.05, 0) is 42.6 Å². The lowest BCUT2D eigenvalue weighted by molar-refractivity contribution is 0.164. The van der Waals surface area contributed by atoms with Crippen molar-refractivity contribution in [2.75, 3.05) is 6.54 Å². The molecule has 1 saturated carbocycles. The van der Waals surface area contributed by atoms with Crippen molar-refractivity contribution in [2.24, 2.45) is 23.0 Å². The molecule has 1 aromatic rings. The van der Waals surface area contributed by atoms with Crippen molar-refractivity contribution in [2.45, 2.75) is 32.7 Å². The van der Waals surface area contributed by atoms with Crippen LogP contribution in [0.3, 0.4) is 0 Å². The van der Waals surface area contributed by atoms with Crippen LogP contribution in [-0.4, -0.2) is 16.3 Å². The minimum Gasteiger partial charge on any atom is -0.327 e. The van der Waals surface area contributed by atoms with E-state index in [9.17, 15) is 0 Å². The van der Waals surface area contributed by atoms with Crippen molar-refractivity contribution in [1.82, 2.24) is 9.78 Å². The Morgan fingerprint density at radius 2 is 2.24 bits per heavy atom. The molecule has 1 fully saturated rings. The summed E-state index contributed by atoms with van der Waals surface area (Å²) in [6.45, 7) is 16.2. The van der Waals surface area contributed by atoms with Crippen LogP contribution in [0.1, 0.15) is 26.2 Å². The topological polar surface area (TPSA) is 43.8 Å². The molecular weight excluding hydrogens is 258 g/mol. The molecule has 0 amide bonds. The lowest BCUT2D eigenvalue weighted by Gasteiger charge is -2.44. The number of aromatic nitrogens is 2. The van der Waals surface area contributed by atoms with E-state index in [1.54, 1.807) is 6.20 Å². The van der Waals surface area contributed by atoms with Gasteiger partial charge >= 0.3 is 0 Å². The first kappa shape index (κ1) is 15.8. The molecule has 114 valence electrons. The number of nitrogens with two attached hydrogens (primary N) is 1. The van der Waals surface area contributed by atoms with Gasteiger partial charge in [-0.25, -0.2) is 0 Å². The summed E-state index contributed by atoms with van der Waals surface area (Å²) in [6.07, 6.45) is 9.22. The first-order chi connectivity index (χ1) is 10.00. The highest BCUT2D eigenvalue weighted by Crippen LogP contribution is 2.48. The van der Waals surface area contributed by atoms with E-state index in [1.165, 1.54) is 5.57 Å². The highest BCUT2D eigenvalue weighted by Gasteiger charge is 2.39. The molecular formula is C18H27N3. The van der Waals surface area contributed by atoms with E-state index in [0.29, 0.717) is 18.4 Å². The third-order valence-electron chi connectivity index (χ3n) is 5.07. The van der Waals surface area contributed by atoms with Crippen LogP contribution in [0.5, 0.6) is 0 Å². The van der Waals surface area contributed by atoms with Crippen molar-refractivity contribution in [3.05, 3.63) is 55.4 Å². The number of allylic oxidation sites excluding steroid dienone is 2. The highest BCUT2D eigenvalue weighted by molar-refractivity contribution is 5.17. The molecule has 1 aliphatic rings. The predicted octanol–water partition coefficient (Wildman–Crippen LogP) is 3.56. The van der Waals surface area contributed by atoms with E-state index in [2.05, 4.69) is 37.8 Å². The number of hydrogen-bond acceptors (Lipinski definition) is 2. The lowest BCUT2D eigenvalue weighted by atomic mass is 9.61.